The number of rotatable bonds is 5. The van der Waals surface area contributed by atoms with Crippen molar-refractivity contribution in [3.8, 4) is 5.88 Å². The summed E-state index contributed by atoms with van der Waals surface area (Å²) >= 11 is 1.77. The molecule has 0 aromatic carbocycles. The number of thiazole rings is 1. The molecule has 0 spiro atoms. The van der Waals surface area contributed by atoms with Crippen molar-refractivity contribution in [1.82, 2.24) is 19.7 Å². The summed E-state index contributed by atoms with van der Waals surface area (Å²) in [5, 5.41) is 7.98. The molecule has 3 rings (SSSR count). The van der Waals surface area contributed by atoms with Gasteiger partial charge in [0.1, 0.15) is 0 Å². The lowest BCUT2D eigenvalue weighted by Gasteiger charge is -2.24. The van der Waals surface area contributed by atoms with Gasteiger partial charge in [-0.25, -0.2) is 9.67 Å². The van der Waals surface area contributed by atoms with E-state index >= 15 is 0 Å². The van der Waals surface area contributed by atoms with Gasteiger partial charge in [-0.1, -0.05) is 13.8 Å². The van der Waals surface area contributed by atoms with E-state index in [1.807, 2.05) is 11.7 Å². The Kier molecular flexibility index (Phi) is 4.73. The van der Waals surface area contributed by atoms with E-state index in [0.717, 1.165) is 31.1 Å². The van der Waals surface area contributed by atoms with Crippen LogP contribution in [0.4, 0.5) is 0 Å². The molecule has 0 unspecified atom stereocenters. The number of aromatic nitrogens is 3. The predicted molar refractivity (Wildman–Crippen MR) is 93.1 cm³/mol. The van der Waals surface area contributed by atoms with Gasteiger partial charge >= 0.3 is 0 Å². The summed E-state index contributed by atoms with van der Waals surface area (Å²) in [6.45, 7) is 8.49. The van der Waals surface area contributed by atoms with E-state index in [1.54, 1.807) is 18.4 Å². The van der Waals surface area contributed by atoms with Crippen LogP contribution in [0.2, 0.25) is 0 Å². The van der Waals surface area contributed by atoms with Gasteiger partial charge < -0.3 is 4.74 Å². The lowest BCUT2D eigenvalue weighted by Crippen LogP contribution is -2.23. The van der Waals surface area contributed by atoms with Crippen LogP contribution >= 0.6 is 11.3 Å². The van der Waals surface area contributed by atoms with Gasteiger partial charge in [0.15, 0.2) is 0 Å². The monoisotopic (exact) mass is 334 g/mol. The third-order valence-corrected chi connectivity index (χ3v) is 5.73. The standard InChI is InChI=1S/C17H26N4OS/c1-11(2)16-18-13(10-23-16)9-21-8-6-7-14(21)15-12(3)19-20(4)17(15)22-5/h10-11,14H,6-9H2,1-5H3/t14-/m0/s1. The summed E-state index contributed by atoms with van der Waals surface area (Å²) in [7, 11) is 3.68. The zero-order valence-electron chi connectivity index (χ0n) is 14.7. The topological polar surface area (TPSA) is 43.2 Å². The van der Waals surface area contributed by atoms with E-state index in [1.165, 1.54) is 22.7 Å². The molecule has 6 heteroatoms. The molecule has 0 bridgehead atoms. The quantitative estimate of drug-likeness (QED) is 0.837. The van der Waals surface area contributed by atoms with Crippen LogP contribution in [0.3, 0.4) is 0 Å². The largest absolute Gasteiger partial charge is 0.481 e. The predicted octanol–water partition coefficient (Wildman–Crippen LogP) is 3.65. The summed E-state index contributed by atoms with van der Waals surface area (Å²) < 4.78 is 7.45. The first kappa shape index (κ1) is 16.5. The maximum Gasteiger partial charge on any atom is 0.216 e. The van der Waals surface area contributed by atoms with E-state index in [2.05, 4.69) is 36.1 Å². The number of hydrogen-bond acceptors (Lipinski definition) is 5. The van der Waals surface area contributed by atoms with Gasteiger partial charge in [-0.05, 0) is 26.3 Å². The van der Waals surface area contributed by atoms with Crippen LogP contribution < -0.4 is 4.74 Å². The Morgan fingerprint density at radius 3 is 2.87 bits per heavy atom. The van der Waals surface area contributed by atoms with Gasteiger partial charge in [0, 0.05) is 30.9 Å². The lowest BCUT2D eigenvalue weighted by molar-refractivity contribution is 0.238. The van der Waals surface area contributed by atoms with Crippen LogP contribution in [0, 0.1) is 6.92 Å². The van der Waals surface area contributed by atoms with Gasteiger partial charge in [0.25, 0.3) is 0 Å². The highest BCUT2D eigenvalue weighted by molar-refractivity contribution is 7.09. The van der Waals surface area contributed by atoms with Crippen molar-refractivity contribution < 1.29 is 4.74 Å². The van der Waals surface area contributed by atoms with Crippen molar-refractivity contribution in [3.05, 3.63) is 27.3 Å². The molecule has 1 atom stereocenters. The Labute approximate surface area is 142 Å². The number of aryl methyl sites for hydroxylation is 2. The van der Waals surface area contributed by atoms with Crippen LogP contribution in [0.5, 0.6) is 5.88 Å². The molecule has 126 valence electrons. The normalized spacial score (nSPS) is 19.0. The molecular formula is C17H26N4OS. The molecule has 1 aliphatic rings. The molecule has 1 aliphatic heterocycles. The molecule has 0 amide bonds. The van der Waals surface area contributed by atoms with E-state index < -0.39 is 0 Å². The molecule has 0 aliphatic carbocycles. The molecule has 2 aromatic rings. The molecule has 3 heterocycles. The Hall–Kier alpha value is -1.40. The summed E-state index contributed by atoms with van der Waals surface area (Å²) in [4.78, 5) is 7.32. The van der Waals surface area contributed by atoms with Crippen molar-refractivity contribution in [1.29, 1.82) is 0 Å². The van der Waals surface area contributed by atoms with Crippen molar-refractivity contribution in [2.24, 2.45) is 7.05 Å². The Morgan fingerprint density at radius 2 is 2.22 bits per heavy atom. The zero-order chi connectivity index (χ0) is 16.6. The number of hydrogen-bond donors (Lipinski definition) is 0. The zero-order valence-corrected chi connectivity index (χ0v) is 15.5. The fraction of sp³-hybridized carbons (Fsp3) is 0.647. The molecule has 23 heavy (non-hydrogen) atoms. The average Bonchev–Trinajstić information content (AvgIpc) is 3.19. The van der Waals surface area contributed by atoms with Gasteiger partial charge in [0.05, 0.1) is 29.1 Å². The molecule has 1 fully saturated rings. The first-order chi connectivity index (χ1) is 11.0. The Balaban J connectivity index is 1.83. The lowest BCUT2D eigenvalue weighted by atomic mass is 10.0. The van der Waals surface area contributed by atoms with E-state index in [0.29, 0.717) is 12.0 Å². The third kappa shape index (κ3) is 3.15. The van der Waals surface area contributed by atoms with E-state index in [9.17, 15) is 0 Å². The minimum Gasteiger partial charge on any atom is -0.481 e. The highest BCUT2D eigenvalue weighted by Gasteiger charge is 2.32. The number of methoxy groups -OCH3 is 1. The number of ether oxygens (including phenoxy) is 1. The second-order valence-electron chi connectivity index (χ2n) is 6.59. The molecular weight excluding hydrogens is 308 g/mol. The van der Waals surface area contributed by atoms with E-state index in [-0.39, 0.29) is 0 Å². The fourth-order valence-corrected chi connectivity index (χ4v) is 4.32. The van der Waals surface area contributed by atoms with Crippen LogP contribution in [0.15, 0.2) is 5.38 Å². The smallest absolute Gasteiger partial charge is 0.216 e. The van der Waals surface area contributed by atoms with Crippen LogP contribution in [-0.2, 0) is 13.6 Å². The first-order valence-corrected chi connectivity index (χ1v) is 9.15. The molecule has 5 nitrogen and oxygen atoms in total. The Bertz CT molecular complexity index is 676. The SMILES string of the molecule is COc1c([C@@H]2CCCN2Cc2csc(C(C)C)n2)c(C)nn1C. The molecule has 1 saturated heterocycles. The van der Waals surface area contributed by atoms with Gasteiger partial charge in [-0.15, -0.1) is 11.3 Å². The van der Waals surface area contributed by atoms with Crippen molar-refractivity contribution >= 4 is 11.3 Å². The summed E-state index contributed by atoms with van der Waals surface area (Å²) in [6, 6.07) is 0.378. The first-order valence-electron chi connectivity index (χ1n) is 8.27. The molecule has 0 N–H and O–H groups in total. The second kappa shape index (κ2) is 6.61. The van der Waals surface area contributed by atoms with Gasteiger partial charge in [-0.2, -0.15) is 5.10 Å². The highest BCUT2D eigenvalue weighted by Crippen LogP contribution is 2.39. The average molecular weight is 334 g/mol. The molecule has 0 radical (unpaired) electrons. The minimum absolute atomic E-state index is 0.378. The summed E-state index contributed by atoms with van der Waals surface area (Å²) in [6.07, 6.45) is 2.37. The minimum atomic E-state index is 0.378. The van der Waals surface area contributed by atoms with Crippen molar-refractivity contribution in [2.75, 3.05) is 13.7 Å². The van der Waals surface area contributed by atoms with Crippen LogP contribution in [-0.4, -0.2) is 33.3 Å². The summed E-state index contributed by atoms with van der Waals surface area (Å²) in [5.74, 6) is 1.39. The van der Waals surface area contributed by atoms with Crippen molar-refractivity contribution in [3.63, 3.8) is 0 Å². The van der Waals surface area contributed by atoms with Crippen LogP contribution in [0.1, 0.15) is 60.6 Å². The summed E-state index contributed by atoms with van der Waals surface area (Å²) in [5.41, 5.74) is 3.50. The van der Waals surface area contributed by atoms with Crippen molar-refractivity contribution in [2.45, 2.75) is 52.1 Å². The Morgan fingerprint density at radius 1 is 1.43 bits per heavy atom. The molecule has 0 saturated carbocycles. The maximum atomic E-state index is 5.60. The van der Waals surface area contributed by atoms with Gasteiger partial charge in [0.2, 0.25) is 5.88 Å². The number of nitrogens with zero attached hydrogens (tertiary/aromatic N) is 4. The third-order valence-electron chi connectivity index (χ3n) is 4.53. The fourth-order valence-electron chi connectivity index (χ4n) is 3.49. The van der Waals surface area contributed by atoms with Crippen LogP contribution in [0.25, 0.3) is 0 Å². The number of likely N-dealkylation sites (tertiary alicyclic amines) is 1. The van der Waals surface area contributed by atoms with E-state index in [4.69, 9.17) is 9.72 Å². The molecule has 2 aromatic heterocycles. The second-order valence-corrected chi connectivity index (χ2v) is 7.48. The highest BCUT2D eigenvalue weighted by atomic mass is 32.1. The van der Waals surface area contributed by atoms with Gasteiger partial charge in [-0.3, -0.25) is 4.90 Å². The maximum absolute atomic E-state index is 5.60.